The molecule has 0 spiro atoms. The van der Waals surface area contributed by atoms with Gasteiger partial charge in [-0.3, -0.25) is 9.59 Å². The predicted octanol–water partition coefficient (Wildman–Crippen LogP) is 1.33. The summed E-state index contributed by atoms with van der Waals surface area (Å²) in [4.78, 5) is 23.3. The first-order valence-corrected chi connectivity index (χ1v) is 7.89. The average Bonchev–Trinajstić information content (AvgIpc) is 3.08. The monoisotopic (exact) mass is 318 g/mol. The molecule has 0 saturated carbocycles. The average molecular weight is 318 g/mol. The Morgan fingerprint density at radius 3 is 2.41 bits per heavy atom. The van der Waals surface area contributed by atoms with E-state index in [1.807, 2.05) is 29.6 Å². The fourth-order valence-electron chi connectivity index (χ4n) is 1.88. The Kier molecular flexibility index (Phi) is 6.12. The van der Waals surface area contributed by atoms with E-state index in [9.17, 15) is 9.59 Å². The molecule has 0 aliphatic carbocycles. The summed E-state index contributed by atoms with van der Waals surface area (Å²) in [6.45, 7) is 0.505. The van der Waals surface area contributed by atoms with Crippen molar-refractivity contribution < 1.29 is 14.7 Å². The van der Waals surface area contributed by atoms with E-state index in [1.54, 1.807) is 11.4 Å². The second-order valence-electron chi connectivity index (χ2n) is 4.77. The van der Waals surface area contributed by atoms with Gasteiger partial charge in [0.15, 0.2) is 0 Å². The van der Waals surface area contributed by atoms with E-state index in [0.717, 1.165) is 11.1 Å². The van der Waals surface area contributed by atoms with Gasteiger partial charge in [-0.1, -0.05) is 24.3 Å². The van der Waals surface area contributed by atoms with Gasteiger partial charge in [0.25, 0.3) is 5.91 Å². The van der Waals surface area contributed by atoms with Crippen molar-refractivity contribution in [2.45, 2.75) is 13.0 Å². The predicted molar refractivity (Wildman–Crippen MR) is 85.7 cm³/mol. The molecule has 0 bridgehead atoms. The molecule has 3 N–H and O–H groups in total. The Labute approximate surface area is 133 Å². The molecule has 6 heteroatoms. The smallest absolute Gasteiger partial charge is 0.252 e. The number of carbonyl (C=O) groups is 2. The summed E-state index contributed by atoms with van der Waals surface area (Å²) in [5.41, 5.74) is 2.52. The van der Waals surface area contributed by atoms with Gasteiger partial charge in [0, 0.05) is 17.5 Å². The Hall–Kier alpha value is -2.18. The van der Waals surface area contributed by atoms with Gasteiger partial charge in [-0.15, -0.1) is 0 Å². The molecule has 0 fully saturated rings. The first kappa shape index (κ1) is 16.2. The van der Waals surface area contributed by atoms with Crippen molar-refractivity contribution in [1.29, 1.82) is 0 Å². The first-order chi connectivity index (χ1) is 10.7. The van der Waals surface area contributed by atoms with Crippen LogP contribution in [0.3, 0.4) is 0 Å². The Morgan fingerprint density at radius 2 is 1.77 bits per heavy atom. The number of hydrogen-bond donors (Lipinski definition) is 3. The lowest BCUT2D eigenvalue weighted by Crippen LogP contribution is -2.37. The summed E-state index contributed by atoms with van der Waals surface area (Å²) in [6.07, 6.45) is 0.704. The number of aliphatic hydroxyl groups excluding tert-OH is 1. The third-order valence-corrected chi connectivity index (χ3v) is 3.82. The molecule has 0 unspecified atom stereocenters. The van der Waals surface area contributed by atoms with Crippen LogP contribution in [0.4, 0.5) is 0 Å². The summed E-state index contributed by atoms with van der Waals surface area (Å²) in [7, 11) is 0. The van der Waals surface area contributed by atoms with Gasteiger partial charge in [-0.05, 0) is 29.0 Å². The Morgan fingerprint density at radius 1 is 1.05 bits per heavy atom. The zero-order valence-corrected chi connectivity index (χ0v) is 12.9. The maximum Gasteiger partial charge on any atom is 0.252 e. The van der Waals surface area contributed by atoms with E-state index in [-0.39, 0.29) is 25.0 Å². The SMILES string of the molecule is O=C(CNC(=O)c1ccsc1)NCCc1ccc(CO)cc1. The second-order valence-corrected chi connectivity index (χ2v) is 5.55. The van der Waals surface area contributed by atoms with Crippen molar-refractivity contribution in [1.82, 2.24) is 10.6 Å². The first-order valence-electron chi connectivity index (χ1n) is 6.95. The molecule has 0 radical (unpaired) electrons. The maximum atomic E-state index is 11.7. The molecule has 0 aliphatic rings. The lowest BCUT2D eigenvalue weighted by molar-refractivity contribution is -0.120. The third kappa shape index (κ3) is 4.98. The molecule has 22 heavy (non-hydrogen) atoms. The van der Waals surface area contributed by atoms with Crippen LogP contribution in [0, 0.1) is 0 Å². The number of carbonyl (C=O) groups excluding carboxylic acids is 2. The largest absolute Gasteiger partial charge is 0.392 e. The molecule has 116 valence electrons. The highest BCUT2D eigenvalue weighted by atomic mass is 32.1. The van der Waals surface area contributed by atoms with Crippen LogP contribution in [0.1, 0.15) is 21.5 Å². The van der Waals surface area contributed by atoms with Crippen molar-refractivity contribution in [3.63, 3.8) is 0 Å². The molecule has 0 atom stereocenters. The fourth-order valence-corrected chi connectivity index (χ4v) is 2.51. The second kappa shape index (κ2) is 8.31. The summed E-state index contributed by atoms with van der Waals surface area (Å²) in [5.74, 6) is -0.452. The lowest BCUT2D eigenvalue weighted by atomic mass is 10.1. The molecule has 1 aromatic heterocycles. The number of benzene rings is 1. The van der Waals surface area contributed by atoms with Crippen LogP contribution in [0.25, 0.3) is 0 Å². The van der Waals surface area contributed by atoms with Crippen molar-refractivity contribution in [3.05, 3.63) is 57.8 Å². The molecular weight excluding hydrogens is 300 g/mol. The van der Waals surface area contributed by atoms with E-state index in [0.29, 0.717) is 18.5 Å². The van der Waals surface area contributed by atoms with Crippen LogP contribution in [-0.2, 0) is 17.8 Å². The number of thiophene rings is 1. The highest BCUT2D eigenvalue weighted by Gasteiger charge is 2.07. The van der Waals surface area contributed by atoms with Crippen molar-refractivity contribution >= 4 is 23.2 Å². The molecule has 2 rings (SSSR count). The van der Waals surface area contributed by atoms with Gasteiger partial charge >= 0.3 is 0 Å². The maximum absolute atomic E-state index is 11.7. The fraction of sp³-hybridized carbons (Fsp3) is 0.250. The lowest BCUT2D eigenvalue weighted by Gasteiger charge is -2.07. The molecule has 0 aliphatic heterocycles. The van der Waals surface area contributed by atoms with Gasteiger partial charge in [0.1, 0.15) is 0 Å². The van der Waals surface area contributed by atoms with Crippen LogP contribution in [0.15, 0.2) is 41.1 Å². The number of aliphatic hydroxyl groups is 1. The van der Waals surface area contributed by atoms with Crippen LogP contribution in [0.2, 0.25) is 0 Å². The van der Waals surface area contributed by atoms with Gasteiger partial charge in [0.05, 0.1) is 13.2 Å². The number of amides is 2. The molecule has 0 saturated heterocycles. The van der Waals surface area contributed by atoms with Crippen LogP contribution in [-0.4, -0.2) is 30.0 Å². The van der Waals surface area contributed by atoms with E-state index >= 15 is 0 Å². The van der Waals surface area contributed by atoms with Gasteiger partial charge in [-0.2, -0.15) is 11.3 Å². The summed E-state index contributed by atoms with van der Waals surface area (Å²) in [5, 5.41) is 17.9. The molecule has 2 aromatic rings. The van der Waals surface area contributed by atoms with E-state index in [2.05, 4.69) is 10.6 Å². The Bertz CT molecular complexity index is 609. The van der Waals surface area contributed by atoms with Crippen molar-refractivity contribution in [3.8, 4) is 0 Å². The Balaban J connectivity index is 1.66. The third-order valence-electron chi connectivity index (χ3n) is 3.13. The highest BCUT2D eigenvalue weighted by molar-refractivity contribution is 7.08. The van der Waals surface area contributed by atoms with E-state index in [1.165, 1.54) is 11.3 Å². The topological polar surface area (TPSA) is 78.4 Å². The summed E-state index contributed by atoms with van der Waals surface area (Å²) in [6, 6.07) is 9.29. The van der Waals surface area contributed by atoms with Gasteiger partial charge in [0.2, 0.25) is 5.91 Å². The summed E-state index contributed by atoms with van der Waals surface area (Å²) >= 11 is 1.44. The van der Waals surface area contributed by atoms with Crippen LogP contribution < -0.4 is 10.6 Å². The summed E-state index contributed by atoms with van der Waals surface area (Å²) < 4.78 is 0. The zero-order valence-electron chi connectivity index (χ0n) is 12.0. The minimum Gasteiger partial charge on any atom is -0.392 e. The molecule has 1 heterocycles. The van der Waals surface area contributed by atoms with Gasteiger partial charge in [-0.25, -0.2) is 0 Å². The molecular formula is C16H18N2O3S. The number of rotatable bonds is 7. The van der Waals surface area contributed by atoms with Gasteiger partial charge < -0.3 is 15.7 Å². The number of hydrogen-bond acceptors (Lipinski definition) is 4. The van der Waals surface area contributed by atoms with E-state index in [4.69, 9.17) is 5.11 Å². The minimum absolute atomic E-state index is 0.0286. The van der Waals surface area contributed by atoms with Crippen molar-refractivity contribution in [2.24, 2.45) is 0 Å². The van der Waals surface area contributed by atoms with Crippen molar-refractivity contribution in [2.75, 3.05) is 13.1 Å². The number of nitrogens with one attached hydrogen (secondary N) is 2. The minimum atomic E-state index is -0.240. The van der Waals surface area contributed by atoms with Crippen LogP contribution in [0.5, 0.6) is 0 Å². The normalized spacial score (nSPS) is 10.2. The van der Waals surface area contributed by atoms with E-state index < -0.39 is 0 Å². The van der Waals surface area contributed by atoms with Crippen LogP contribution >= 0.6 is 11.3 Å². The molecule has 2 amide bonds. The standard InChI is InChI=1S/C16H18N2O3S/c19-10-13-3-1-12(2-4-13)5-7-17-15(20)9-18-16(21)14-6-8-22-11-14/h1-4,6,8,11,19H,5,7,9-10H2,(H,17,20)(H,18,21). The quantitative estimate of drug-likeness (QED) is 0.720. The zero-order chi connectivity index (χ0) is 15.8. The highest BCUT2D eigenvalue weighted by Crippen LogP contribution is 2.05. The molecule has 1 aromatic carbocycles. The molecule has 5 nitrogen and oxygen atoms in total.